The molecule has 2 aliphatic heterocycles. The number of ether oxygens (including phenoxy) is 2. The molecule has 1 aromatic heterocycles. The third-order valence-corrected chi connectivity index (χ3v) is 6.76. The highest BCUT2D eigenvalue weighted by atomic mass is 16.5. The summed E-state index contributed by atoms with van der Waals surface area (Å²) in [6, 6.07) is 6.83. The van der Waals surface area contributed by atoms with Crippen LogP contribution in [0.3, 0.4) is 0 Å². The highest BCUT2D eigenvalue weighted by molar-refractivity contribution is 6.46. The molecule has 4 rings (SSSR count). The number of benzene rings is 1. The van der Waals surface area contributed by atoms with Crippen LogP contribution in [-0.4, -0.2) is 84.1 Å². The van der Waals surface area contributed by atoms with Crippen LogP contribution >= 0.6 is 0 Å². The Hall–Kier alpha value is -3.43. The van der Waals surface area contributed by atoms with E-state index in [9.17, 15) is 19.5 Å². The summed E-state index contributed by atoms with van der Waals surface area (Å²) in [6.45, 7) is 9.04. The van der Waals surface area contributed by atoms with Gasteiger partial charge in [-0.05, 0) is 31.9 Å². The molecular weight excluding hydrogens is 450 g/mol. The van der Waals surface area contributed by atoms with Crippen molar-refractivity contribution in [1.29, 1.82) is 0 Å². The van der Waals surface area contributed by atoms with Gasteiger partial charge in [0.25, 0.3) is 11.7 Å². The molecule has 2 aromatic rings. The van der Waals surface area contributed by atoms with Gasteiger partial charge in [0, 0.05) is 37.4 Å². The number of nitrogens with one attached hydrogen (secondary N) is 1. The van der Waals surface area contributed by atoms with Gasteiger partial charge in [-0.25, -0.2) is 4.79 Å². The zero-order valence-corrected chi connectivity index (χ0v) is 20.5. The van der Waals surface area contributed by atoms with Crippen LogP contribution in [0.1, 0.15) is 44.5 Å². The van der Waals surface area contributed by atoms with Crippen LogP contribution in [0.4, 0.5) is 0 Å². The number of aromatic nitrogens is 1. The Morgan fingerprint density at radius 2 is 1.77 bits per heavy atom. The van der Waals surface area contributed by atoms with Crippen LogP contribution in [0.2, 0.25) is 0 Å². The third-order valence-electron chi connectivity index (χ3n) is 6.76. The Balaban J connectivity index is 1.79. The Labute approximate surface area is 204 Å². The lowest BCUT2D eigenvalue weighted by Crippen LogP contribution is -2.42. The average molecular weight is 482 g/mol. The van der Waals surface area contributed by atoms with Gasteiger partial charge in [-0.3, -0.25) is 14.5 Å². The molecule has 1 atom stereocenters. The topological polar surface area (TPSA) is 112 Å². The van der Waals surface area contributed by atoms with Crippen LogP contribution in [0.25, 0.3) is 5.76 Å². The van der Waals surface area contributed by atoms with Crippen molar-refractivity contribution in [3.8, 4) is 0 Å². The number of carbonyl (C=O) groups excluding carboxylic acids is 3. The van der Waals surface area contributed by atoms with Gasteiger partial charge >= 0.3 is 5.97 Å². The van der Waals surface area contributed by atoms with E-state index in [0.717, 1.165) is 24.2 Å². The van der Waals surface area contributed by atoms with Crippen molar-refractivity contribution in [1.82, 2.24) is 14.8 Å². The number of Topliss-reactive ketones (excluding diaryl/α,β-unsaturated/α-hetero) is 1. The summed E-state index contributed by atoms with van der Waals surface area (Å²) in [5.41, 5.74) is 3.27. The van der Waals surface area contributed by atoms with Crippen molar-refractivity contribution >= 4 is 23.4 Å². The van der Waals surface area contributed by atoms with Crippen molar-refractivity contribution in [3.05, 3.63) is 63.5 Å². The Morgan fingerprint density at radius 3 is 2.40 bits per heavy atom. The van der Waals surface area contributed by atoms with Gasteiger partial charge in [0.05, 0.1) is 31.9 Å². The minimum Gasteiger partial charge on any atom is -0.507 e. The second kappa shape index (κ2) is 10.1. The summed E-state index contributed by atoms with van der Waals surface area (Å²) < 4.78 is 10.2. The smallest absolute Gasteiger partial charge is 0.354 e. The first-order valence-corrected chi connectivity index (χ1v) is 11.7. The molecular formula is C26H31N3O6. The van der Waals surface area contributed by atoms with Crippen molar-refractivity contribution in [2.75, 3.05) is 46.5 Å². The number of likely N-dealkylation sites (tertiary alicyclic amines) is 1. The molecule has 0 bridgehead atoms. The van der Waals surface area contributed by atoms with E-state index in [-0.39, 0.29) is 17.0 Å². The van der Waals surface area contributed by atoms with Crippen molar-refractivity contribution in [2.24, 2.45) is 0 Å². The van der Waals surface area contributed by atoms with E-state index >= 15 is 0 Å². The van der Waals surface area contributed by atoms with E-state index in [1.165, 1.54) is 12.0 Å². The van der Waals surface area contributed by atoms with Gasteiger partial charge in [0.15, 0.2) is 0 Å². The number of aliphatic hydroxyl groups excluding tert-OH is 1. The van der Waals surface area contributed by atoms with Crippen molar-refractivity contribution in [2.45, 2.75) is 26.8 Å². The van der Waals surface area contributed by atoms with Crippen LogP contribution in [0.15, 0.2) is 29.8 Å². The number of ketones is 1. The molecule has 9 nitrogen and oxygen atoms in total. The van der Waals surface area contributed by atoms with Crippen LogP contribution in [0.5, 0.6) is 0 Å². The number of nitrogens with zero attached hydrogens (tertiary/aromatic N) is 2. The van der Waals surface area contributed by atoms with Gasteiger partial charge in [-0.15, -0.1) is 0 Å². The van der Waals surface area contributed by atoms with Gasteiger partial charge in [0.2, 0.25) is 0 Å². The summed E-state index contributed by atoms with van der Waals surface area (Å²) in [5.74, 6) is -2.27. The standard InChI is InChI=1S/C26H31N3O6/c1-15-5-7-18(8-6-15)22-20(23(30)19-16(2)21(26(33)34-4)27-17(19)3)24(31)25(32)29(22)10-9-28-11-13-35-14-12-28/h5-8,22,27,30H,9-14H2,1-4H3/b23-20-. The van der Waals surface area contributed by atoms with E-state index in [1.807, 2.05) is 31.2 Å². The Morgan fingerprint density at radius 1 is 1.11 bits per heavy atom. The fraction of sp³-hybridized carbons (Fsp3) is 0.423. The van der Waals surface area contributed by atoms with E-state index in [0.29, 0.717) is 43.1 Å². The zero-order valence-electron chi connectivity index (χ0n) is 20.5. The summed E-state index contributed by atoms with van der Waals surface area (Å²) in [6.07, 6.45) is 0. The van der Waals surface area contributed by atoms with E-state index in [1.54, 1.807) is 13.8 Å². The van der Waals surface area contributed by atoms with Crippen LogP contribution in [-0.2, 0) is 19.1 Å². The number of methoxy groups -OCH3 is 1. The van der Waals surface area contributed by atoms with E-state index in [2.05, 4.69) is 9.88 Å². The monoisotopic (exact) mass is 481 g/mol. The molecule has 2 aliphatic rings. The minimum absolute atomic E-state index is 0.0162. The lowest BCUT2D eigenvalue weighted by molar-refractivity contribution is -0.140. The number of hydrogen-bond acceptors (Lipinski definition) is 7. The third kappa shape index (κ3) is 4.61. The quantitative estimate of drug-likeness (QED) is 0.282. The maximum atomic E-state index is 13.3. The molecule has 1 amide bonds. The SMILES string of the molecule is COC(=O)c1[nH]c(C)c(/C(O)=C2/C(=O)C(=O)N(CCN3CCOCC3)C2c2ccc(C)cc2)c1C. The number of aryl methyl sites for hydroxylation is 2. The highest BCUT2D eigenvalue weighted by Crippen LogP contribution is 2.40. The molecule has 0 spiro atoms. The predicted molar refractivity (Wildman–Crippen MR) is 129 cm³/mol. The molecule has 1 aromatic carbocycles. The van der Waals surface area contributed by atoms with Crippen LogP contribution < -0.4 is 0 Å². The van der Waals surface area contributed by atoms with Gasteiger partial charge in [-0.2, -0.15) is 0 Å². The van der Waals surface area contributed by atoms with Crippen LogP contribution in [0, 0.1) is 20.8 Å². The molecule has 2 saturated heterocycles. The first kappa shape index (κ1) is 24.7. The highest BCUT2D eigenvalue weighted by Gasteiger charge is 2.46. The molecule has 3 heterocycles. The molecule has 0 radical (unpaired) electrons. The number of morpholine rings is 1. The molecule has 2 fully saturated rings. The van der Waals surface area contributed by atoms with Gasteiger partial charge in [0.1, 0.15) is 11.5 Å². The zero-order chi connectivity index (χ0) is 25.3. The summed E-state index contributed by atoms with van der Waals surface area (Å²) in [4.78, 5) is 45.4. The molecule has 1 unspecified atom stereocenters. The predicted octanol–water partition coefficient (Wildman–Crippen LogP) is 2.48. The molecule has 9 heteroatoms. The molecule has 0 aliphatic carbocycles. The second-order valence-corrected chi connectivity index (χ2v) is 8.97. The van der Waals surface area contributed by atoms with Crippen molar-refractivity contribution < 1.29 is 29.0 Å². The summed E-state index contributed by atoms with van der Waals surface area (Å²) >= 11 is 0. The van der Waals surface area contributed by atoms with E-state index < -0.39 is 23.7 Å². The minimum atomic E-state index is -0.744. The molecule has 186 valence electrons. The first-order chi connectivity index (χ1) is 16.7. The number of H-pyrrole nitrogens is 1. The number of aromatic amines is 1. The number of rotatable bonds is 6. The largest absolute Gasteiger partial charge is 0.507 e. The fourth-order valence-electron chi connectivity index (χ4n) is 4.83. The summed E-state index contributed by atoms with van der Waals surface area (Å²) in [5, 5.41) is 11.4. The fourth-order valence-corrected chi connectivity index (χ4v) is 4.83. The van der Waals surface area contributed by atoms with E-state index in [4.69, 9.17) is 9.47 Å². The second-order valence-electron chi connectivity index (χ2n) is 8.97. The average Bonchev–Trinajstić information content (AvgIpc) is 3.30. The molecule has 35 heavy (non-hydrogen) atoms. The number of carbonyl (C=O) groups is 3. The Bertz CT molecular complexity index is 1170. The number of hydrogen-bond donors (Lipinski definition) is 2. The number of esters is 1. The maximum Gasteiger partial charge on any atom is 0.354 e. The number of amides is 1. The Kier molecular flexibility index (Phi) is 7.09. The lowest BCUT2D eigenvalue weighted by Gasteiger charge is -2.31. The van der Waals surface area contributed by atoms with Gasteiger partial charge < -0.3 is 24.5 Å². The molecule has 2 N–H and O–H groups in total. The number of aliphatic hydroxyl groups is 1. The summed E-state index contributed by atoms with van der Waals surface area (Å²) in [7, 11) is 1.27. The first-order valence-electron chi connectivity index (χ1n) is 11.7. The van der Waals surface area contributed by atoms with Gasteiger partial charge in [-0.1, -0.05) is 29.8 Å². The lowest BCUT2D eigenvalue weighted by atomic mass is 9.93. The molecule has 0 saturated carbocycles. The maximum absolute atomic E-state index is 13.3. The normalized spacial score (nSPS) is 20.5. The van der Waals surface area contributed by atoms with Crippen molar-refractivity contribution in [3.63, 3.8) is 0 Å².